The third-order valence-electron chi connectivity index (χ3n) is 3.35. The molecule has 25 heavy (non-hydrogen) atoms. The number of hydrogen-bond acceptors (Lipinski definition) is 5. The fourth-order valence-corrected chi connectivity index (χ4v) is 2.24. The number of hydrogen-bond donors (Lipinski definition) is 2. The van der Waals surface area contributed by atoms with Crippen LogP contribution in [-0.2, 0) is 6.18 Å². The molecular weight excluding hydrogens is 366 g/mol. The van der Waals surface area contributed by atoms with Crippen LogP contribution in [-0.4, -0.2) is 31.2 Å². The molecule has 11 heteroatoms. The third-order valence-corrected chi connectivity index (χ3v) is 3.65. The molecule has 0 amide bonds. The molecule has 2 N–H and O–H groups in total. The number of aromatic nitrogens is 4. The van der Waals surface area contributed by atoms with Gasteiger partial charge in [-0.2, -0.15) is 27.8 Å². The SMILES string of the molecule is OC(CNc1cc(C(F)(F)F)nc2ncnn12)c1ccc(Cl)c(F)c1. The van der Waals surface area contributed by atoms with E-state index >= 15 is 0 Å². The molecule has 3 aromatic rings. The molecule has 0 fully saturated rings. The quantitative estimate of drug-likeness (QED) is 0.685. The molecule has 6 nitrogen and oxygen atoms in total. The van der Waals surface area contributed by atoms with Gasteiger partial charge in [0.1, 0.15) is 18.0 Å². The summed E-state index contributed by atoms with van der Waals surface area (Å²) < 4.78 is 53.2. The van der Waals surface area contributed by atoms with E-state index in [-0.39, 0.29) is 28.7 Å². The second kappa shape index (κ2) is 6.45. The van der Waals surface area contributed by atoms with E-state index in [1.54, 1.807) is 0 Å². The highest BCUT2D eigenvalue weighted by Crippen LogP contribution is 2.29. The second-order valence-electron chi connectivity index (χ2n) is 5.07. The number of aliphatic hydroxyl groups excluding tert-OH is 1. The Labute approximate surface area is 143 Å². The van der Waals surface area contributed by atoms with Gasteiger partial charge in [0.15, 0.2) is 5.69 Å². The summed E-state index contributed by atoms with van der Waals surface area (Å²) in [5, 5.41) is 16.4. The zero-order valence-electron chi connectivity index (χ0n) is 12.3. The first-order chi connectivity index (χ1) is 11.8. The summed E-state index contributed by atoms with van der Waals surface area (Å²) >= 11 is 5.57. The average molecular weight is 376 g/mol. The second-order valence-corrected chi connectivity index (χ2v) is 5.47. The first-order valence-corrected chi connectivity index (χ1v) is 7.28. The summed E-state index contributed by atoms with van der Waals surface area (Å²) in [6, 6.07) is 4.49. The highest BCUT2D eigenvalue weighted by atomic mass is 35.5. The van der Waals surface area contributed by atoms with Crippen LogP contribution in [0.15, 0.2) is 30.6 Å². The molecule has 1 atom stereocenters. The number of nitrogens with one attached hydrogen (secondary N) is 1. The van der Waals surface area contributed by atoms with E-state index in [4.69, 9.17) is 11.6 Å². The van der Waals surface area contributed by atoms with Crippen LogP contribution in [0.1, 0.15) is 17.4 Å². The van der Waals surface area contributed by atoms with Crippen molar-refractivity contribution >= 4 is 23.2 Å². The standard InChI is InChI=1S/C14H10ClF4N5O/c15-8-2-1-7(3-9(8)16)10(25)5-20-12-4-11(14(17,18)19)23-13-21-6-22-24(12)13/h1-4,6,10,20,25H,5H2. The van der Waals surface area contributed by atoms with E-state index < -0.39 is 23.8 Å². The van der Waals surface area contributed by atoms with E-state index in [1.165, 1.54) is 12.1 Å². The van der Waals surface area contributed by atoms with Crippen LogP contribution >= 0.6 is 11.6 Å². The molecule has 0 radical (unpaired) electrons. The fourth-order valence-electron chi connectivity index (χ4n) is 2.12. The van der Waals surface area contributed by atoms with E-state index in [0.29, 0.717) is 0 Å². The van der Waals surface area contributed by atoms with Crippen LogP contribution in [0.3, 0.4) is 0 Å². The van der Waals surface area contributed by atoms with Gasteiger partial charge < -0.3 is 10.4 Å². The molecule has 3 rings (SSSR count). The van der Waals surface area contributed by atoms with Crippen molar-refractivity contribution in [3.8, 4) is 0 Å². The van der Waals surface area contributed by atoms with Crippen LogP contribution in [0, 0.1) is 5.82 Å². The summed E-state index contributed by atoms with van der Waals surface area (Å²) in [5.41, 5.74) is -0.933. The molecule has 132 valence electrons. The molecule has 0 spiro atoms. The maximum Gasteiger partial charge on any atom is 0.433 e. The Morgan fingerprint density at radius 3 is 2.72 bits per heavy atom. The summed E-state index contributed by atoms with van der Waals surface area (Å²) in [4.78, 5) is 7.01. The van der Waals surface area contributed by atoms with E-state index in [9.17, 15) is 22.7 Å². The summed E-state index contributed by atoms with van der Waals surface area (Å²) in [5.74, 6) is -1.02. The zero-order valence-corrected chi connectivity index (χ0v) is 13.1. The minimum absolute atomic E-state index is 0.0664. The smallest absolute Gasteiger partial charge is 0.387 e. The van der Waals surface area contributed by atoms with Gasteiger partial charge >= 0.3 is 6.18 Å². The largest absolute Gasteiger partial charge is 0.433 e. The van der Waals surface area contributed by atoms with Gasteiger partial charge in [-0.1, -0.05) is 17.7 Å². The Kier molecular flexibility index (Phi) is 4.48. The molecule has 2 heterocycles. The van der Waals surface area contributed by atoms with Gasteiger partial charge in [0.25, 0.3) is 5.78 Å². The Morgan fingerprint density at radius 2 is 2.04 bits per heavy atom. The van der Waals surface area contributed by atoms with Crippen LogP contribution < -0.4 is 5.32 Å². The van der Waals surface area contributed by atoms with Gasteiger partial charge in [-0.15, -0.1) is 0 Å². The van der Waals surface area contributed by atoms with Gasteiger partial charge in [-0.05, 0) is 17.7 Å². The van der Waals surface area contributed by atoms with Crippen molar-refractivity contribution in [2.75, 3.05) is 11.9 Å². The van der Waals surface area contributed by atoms with Gasteiger partial charge in [-0.3, -0.25) is 0 Å². The molecule has 0 saturated heterocycles. The van der Waals surface area contributed by atoms with Crippen molar-refractivity contribution in [3.63, 3.8) is 0 Å². The monoisotopic (exact) mass is 375 g/mol. The predicted molar refractivity (Wildman–Crippen MR) is 80.6 cm³/mol. The zero-order chi connectivity index (χ0) is 18.2. The minimum atomic E-state index is -4.66. The number of nitrogens with zero attached hydrogens (tertiary/aromatic N) is 4. The lowest BCUT2D eigenvalue weighted by Crippen LogP contribution is -2.17. The van der Waals surface area contributed by atoms with Gasteiger partial charge in [0.2, 0.25) is 0 Å². The van der Waals surface area contributed by atoms with Crippen molar-refractivity contribution in [2.45, 2.75) is 12.3 Å². The van der Waals surface area contributed by atoms with Gasteiger partial charge in [0, 0.05) is 12.6 Å². The molecule has 1 aromatic carbocycles. The van der Waals surface area contributed by atoms with Gasteiger partial charge in [0.05, 0.1) is 11.1 Å². The van der Waals surface area contributed by atoms with E-state index in [0.717, 1.165) is 23.0 Å². The van der Waals surface area contributed by atoms with Crippen molar-refractivity contribution in [3.05, 3.63) is 52.7 Å². The number of alkyl halides is 3. The van der Waals surface area contributed by atoms with Crippen LogP contribution in [0.25, 0.3) is 5.78 Å². The molecule has 0 aliphatic rings. The topological polar surface area (TPSA) is 75.3 Å². The van der Waals surface area contributed by atoms with Crippen molar-refractivity contribution in [1.82, 2.24) is 19.6 Å². The molecule has 0 bridgehead atoms. The van der Waals surface area contributed by atoms with Crippen LogP contribution in [0.2, 0.25) is 5.02 Å². The van der Waals surface area contributed by atoms with Crippen molar-refractivity contribution in [1.29, 1.82) is 0 Å². The minimum Gasteiger partial charge on any atom is -0.387 e. The molecule has 1 unspecified atom stereocenters. The lowest BCUT2D eigenvalue weighted by molar-refractivity contribution is -0.141. The number of fused-ring (bicyclic) bond motifs is 1. The third kappa shape index (κ3) is 3.64. The summed E-state index contributed by atoms with van der Waals surface area (Å²) in [6.45, 7) is -0.197. The van der Waals surface area contributed by atoms with E-state index in [2.05, 4.69) is 20.4 Å². The normalized spacial score (nSPS) is 13.2. The maximum absolute atomic E-state index is 13.4. The Bertz CT molecular complexity index is 914. The summed E-state index contributed by atoms with van der Waals surface area (Å²) in [6.07, 6.45) is -4.80. The Balaban J connectivity index is 1.85. The molecule has 2 aromatic heterocycles. The molecular formula is C14H10ClF4N5O. The first kappa shape index (κ1) is 17.4. The fraction of sp³-hybridized carbons (Fsp3) is 0.214. The van der Waals surface area contributed by atoms with Gasteiger partial charge in [-0.25, -0.2) is 9.37 Å². The van der Waals surface area contributed by atoms with Crippen LogP contribution in [0.4, 0.5) is 23.4 Å². The molecule has 0 aliphatic heterocycles. The number of benzene rings is 1. The van der Waals surface area contributed by atoms with Crippen LogP contribution in [0.5, 0.6) is 0 Å². The van der Waals surface area contributed by atoms with E-state index in [1.807, 2.05) is 0 Å². The number of aliphatic hydroxyl groups is 1. The Morgan fingerprint density at radius 1 is 1.28 bits per heavy atom. The lowest BCUT2D eigenvalue weighted by atomic mass is 10.1. The average Bonchev–Trinajstić information content (AvgIpc) is 3.02. The Hall–Kier alpha value is -2.46. The number of halogens is 5. The number of rotatable bonds is 4. The van der Waals surface area contributed by atoms with Crippen molar-refractivity contribution < 1.29 is 22.7 Å². The molecule has 0 aliphatic carbocycles. The van der Waals surface area contributed by atoms with Crippen molar-refractivity contribution in [2.24, 2.45) is 0 Å². The maximum atomic E-state index is 13.4. The highest BCUT2D eigenvalue weighted by molar-refractivity contribution is 6.30. The number of anilines is 1. The molecule has 0 saturated carbocycles. The lowest BCUT2D eigenvalue weighted by Gasteiger charge is -2.15. The predicted octanol–water partition coefficient (Wildman–Crippen LogP) is 3.08. The first-order valence-electron chi connectivity index (χ1n) is 6.90. The highest BCUT2D eigenvalue weighted by Gasteiger charge is 2.34. The summed E-state index contributed by atoms with van der Waals surface area (Å²) in [7, 11) is 0.